The third-order valence-corrected chi connectivity index (χ3v) is 4.20. The van der Waals surface area contributed by atoms with Gasteiger partial charge in [-0.05, 0) is 44.9 Å². The van der Waals surface area contributed by atoms with Crippen molar-refractivity contribution in [2.24, 2.45) is 0 Å². The highest BCUT2D eigenvalue weighted by atomic mass is 79.9. The number of hydrogen-bond donors (Lipinski definition) is 0. The van der Waals surface area contributed by atoms with Crippen LogP contribution in [0.5, 0.6) is 0 Å². The second-order valence-electron chi connectivity index (χ2n) is 4.56. The molecule has 4 rings (SSSR count). The fraction of sp³-hybridized carbons (Fsp3) is 0. The summed E-state index contributed by atoms with van der Waals surface area (Å²) in [6.07, 6.45) is 0. The highest BCUT2D eigenvalue weighted by molar-refractivity contribution is 9.10. The Morgan fingerprint density at radius 1 is 0.895 bits per heavy atom. The van der Waals surface area contributed by atoms with Gasteiger partial charge in [0.25, 0.3) is 0 Å². The number of fused-ring (bicyclic) bond motifs is 4. The Kier molecular flexibility index (Phi) is 2.38. The van der Waals surface area contributed by atoms with E-state index in [1.165, 1.54) is 10.8 Å². The molecule has 0 unspecified atom stereocenters. The Balaban J connectivity index is 2.26. The van der Waals surface area contributed by atoms with Crippen molar-refractivity contribution >= 4 is 60.2 Å². The van der Waals surface area contributed by atoms with Crippen LogP contribution < -0.4 is 0 Å². The summed E-state index contributed by atoms with van der Waals surface area (Å²) in [5.74, 6) is 0. The molecule has 0 aliphatic carbocycles. The first-order valence-electron chi connectivity index (χ1n) is 5.92. The zero-order valence-electron chi connectivity index (χ0n) is 9.78. The van der Waals surface area contributed by atoms with E-state index in [-0.39, 0.29) is 0 Å². The van der Waals surface area contributed by atoms with E-state index in [0.717, 1.165) is 26.4 Å². The van der Waals surface area contributed by atoms with Crippen molar-refractivity contribution in [1.82, 2.24) is 0 Å². The highest BCUT2D eigenvalue weighted by Crippen LogP contribution is 2.37. The first-order chi connectivity index (χ1) is 9.22. The van der Waals surface area contributed by atoms with Crippen LogP contribution in [0.15, 0.2) is 57.4 Å². The number of furan rings is 1. The number of hydrogen-bond acceptors (Lipinski definition) is 1. The van der Waals surface area contributed by atoms with Gasteiger partial charge in [-0.25, -0.2) is 0 Å². The zero-order valence-corrected chi connectivity index (χ0v) is 12.1. The van der Waals surface area contributed by atoms with E-state index in [1.807, 2.05) is 24.3 Å². The summed E-state index contributed by atoms with van der Waals surface area (Å²) in [5.41, 5.74) is 1.70. The number of halogens is 2. The van der Waals surface area contributed by atoms with Gasteiger partial charge in [-0.3, -0.25) is 0 Å². The minimum Gasteiger partial charge on any atom is -0.456 e. The normalized spacial score (nSPS) is 11.7. The predicted octanol–water partition coefficient (Wildman–Crippen LogP) is 6.16. The maximum Gasteiger partial charge on any atom is 0.138 e. The van der Waals surface area contributed by atoms with Crippen molar-refractivity contribution in [3.8, 4) is 0 Å². The van der Waals surface area contributed by atoms with Crippen LogP contribution in [0.1, 0.15) is 0 Å². The SMILES string of the molecule is Clc1cc(Br)c2c(c1)oc1cc3ccccc3cc12. The lowest BCUT2D eigenvalue weighted by Gasteiger charge is -1.98. The summed E-state index contributed by atoms with van der Waals surface area (Å²) in [5, 5.41) is 5.24. The van der Waals surface area contributed by atoms with Crippen LogP contribution in [0.4, 0.5) is 0 Å². The molecule has 92 valence electrons. The van der Waals surface area contributed by atoms with Crippen molar-refractivity contribution in [2.75, 3.05) is 0 Å². The molecule has 0 bridgehead atoms. The molecule has 0 amide bonds. The van der Waals surface area contributed by atoms with Crippen LogP contribution in [0, 0.1) is 0 Å². The summed E-state index contributed by atoms with van der Waals surface area (Å²) in [7, 11) is 0. The molecule has 0 aliphatic heterocycles. The van der Waals surface area contributed by atoms with E-state index in [1.54, 1.807) is 0 Å². The van der Waals surface area contributed by atoms with Crippen molar-refractivity contribution in [1.29, 1.82) is 0 Å². The quantitative estimate of drug-likeness (QED) is 0.376. The molecular weight excluding hydrogens is 324 g/mol. The maximum absolute atomic E-state index is 6.07. The largest absolute Gasteiger partial charge is 0.456 e. The molecule has 1 aromatic heterocycles. The van der Waals surface area contributed by atoms with Gasteiger partial charge in [0.1, 0.15) is 11.2 Å². The van der Waals surface area contributed by atoms with Crippen molar-refractivity contribution < 1.29 is 4.42 Å². The van der Waals surface area contributed by atoms with Gasteiger partial charge in [0.05, 0.1) is 0 Å². The van der Waals surface area contributed by atoms with Gasteiger partial charge in [0.2, 0.25) is 0 Å². The number of rotatable bonds is 0. The summed E-state index contributed by atoms with van der Waals surface area (Å²) >= 11 is 9.63. The Bertz CT molecular complexity index is 940. The summed E-state index contributed by atoms with van der Waals surface area (Å²) < 4.78 is 6.87. The fourth-order valence-corrected chi connectivity index (χ4v) is 3.51. The third kappa shape index (κ3) is 1.67. The first kappa shape index (κ1) is 11.3. The lowest BCUT2D eigenvalue weighted by Crippen LogP contribution is -1.73. The van der Waals surface area contributed by atoms with Crippen LogP contribution in [-0.2, 0) is 0 Å². The van der Waals surface area contributed by atoms with Crippen LogP contribution in [0.3, 0.4) is 0 Å². The first-order valence-corrected chi connectivity index (χ1v) is 7.09. The van der Waals surface area contributed by atoms with E-state index in [9.17, 15) is 0 Å². The minimum absolute atomic E-state index is 0.669. The molecule has 3 heteroatoms. The van der Waals surface area contributed by atoms with E-state index >= 15 is 0 Å². The average Bonchev–Trinajstić information content (AvgIpc) is 2.72. The Morgan fingerprint density at radius 3 is 2.42 bits per heavy atom. The van der Waals surface area contributed by atoms with Crippen molar-refractivity contribution in [3.05, 3.63) is 58.0 Å². The molecule has 1 nitrogen and oxygen atoms in total. The molecule has 0 aliphatic rings. The third-order valence-electron chi connectivity index (χ3n) is 3.36. The summed E-state index contributed by atoms with van der Waals surface area (Å²) in [4.78, 5) is 0. The van der Waals surface area contributed by atoms with Gasteiger partial charge in [0, 0.05) is 26.3 Å². The maximum atomic E-state index is 6.07. The van der Waals surface area contributed by atoms with Crippen LogP contribution >= 0.6 is 27.5 Å². The van der Waals surface area contributed by atoms with Gasteiger partial charge < -0.3 is 4.42 Å². The Hall–Kier alpha value is -1.51. The smallest absolute Gasteiger partial charge is 0.138 e. The topological polar surface area (TPSA) is 13.1 Å². The van der Waals surface area contributed by atoms with Crippen LogP contribution in [0.25, 0.3) is 32.7 Å². The summed E-state index contributed by atoms with van der Waals surface area (Å²) in [6.45, 7) is 0. The molecule has 0 radical (unpaired) electrons. The van der Waals surface area contributed by atoms with E-state index in [2.05, 4.69) is 40.2 Å². The van der Waals surface area contributed by atoms with Gasteiger partial charge in [-0.1, -0.05) is 35.9 Å². The van der Waals surface area contributed by atoms with Crippen molar-refractivity contribution in [3.63, 3.8) is 0 Å². The molecule has 0 spiro atoms. The lowest BCUT2D eigenvalue weighted by molar-refractivity contribution is 0.669. The van der Waals surface area contributed by atoms with E-state index < -0.39 is 0 Å². The minimum atomic E-state index is 0.669. The molecule has 0 saturated heterocycles. The Morgan fingerprint density at radius 2 is 1.63 bits per heavy atom. The Labute approximate surface area is 122 Å². The molecule has 1 heterocycles. The molecular formula is C16H8BrClO. The molecule has 0 fully saturated rings. The summed E-state index contributed by atoms with van der Waals surface area (Å²) in [6, 6.07) is 16.3. The number of benzene rings is 3. The second-order valence-corrected chi connectivity index (χ2v) is 5.85. The molecule has 0 saturated carbocycles. The fourth-order valence-electron chi connectivity index (χ4n) is 2.51. The van der Waals surface area contributed by atoms with Crippen molar-refractivity contribution in [2.45, 2.75) is 0 Å². The van der Waals surface area contributed by atoms with Crippen LogP contribution in [0.2, 0.25) is 5.02 Å². The molecule has 0 N–H and O–H groups in total. The van der Waals surface area contributed by atoms with E-state index in [4.69, 9.17) is 16.0 Å². The standard InChI is InChI=1S/C16H8BrClO/c17-13-7-11(18)8-15-16(13)12-5-9-3-1-2-4-10(9)6-14(12)19-15/h1-8H. The van der Waals surface area contributed by atoms with Gasteiger partial charge in [-0.2, -0.15) is 0 Å². The highest BCUT2D eigenvalue weighted by Gasteiger charge is 2.12. The molecule has 3 aromatic carbocycles. The van der Waals surface area contributed by atoms with Gasteiger partial charge in [0.15, 0.2) is 0 Å². The van der Waals surface area contributed by atoms with Gasteiger partial charge >= 0.3 is 0 Å². The monoisotopic (exact) mass is 330 g/mol. The zero-order chi connectivity index (χ0) is 13.0. The van der Waals surface area contributed by atoms with E-state index in [0.29, 0.717) is 5.02 Å². The van der Waals surface area contributed by atoms with Crippen LogP contribution in [-0.4, -0.2) is 0 Å². The predicted molar refractivity (Wildman–Crippen MR) is 83.9 cm³/mol. The molecule has 0 atom stereocenters. The molecule has 19 heavy (non-hydrogen) atoms. The lowest BCUT2D eigenvalue weighted by atomic mass is 10.1. The molecule has 4 aromatic rings. The average molecular weight is 332 g/mol. The second kappa shape index (κ2) is 3.99. The van der Waals surface area contributed by atoms with Gasteiger partial charge in [-0.15, -0.1) is 0 Å².